The fourth-order valence-corrected chi connectivity index (χ4v) is 5.27. The van der Waals surface area contributed by atoms with E-state index in [0.717, 1.165) is 55.6 Å². The highest BCUT2D eigenvalue weighted by molar-refractivity contribution is 5.93. The van der Waals surface area contributed by atoms with Crippen LogP contribution in [0.2, 0.25) is 0 Å². The predicted molar refractivity (Wildman–Crippen MR) is 151 cm³/mol. The van der Waals surface area contributed by atoms with E-state index in [2.05, 4.69) is 40.2 Å². The molecule has 1 saturated carbocycles. The Morgan fingerprint density at radius 1 is 0.925 bits per heavy atom. The number of carbonyl (C=O) groups is 1. The van der Waals surface area contributed by atoms with Crippen LogP contribution in [-0.4, -0.2) is 80.3 Å². The maximum atomic E-state index is 13.1. The van der Waals surface area contributed by atoms with Crippen LogP contribution in [0.3, 0.4) is 0 Å². The SMILES string of the molecule is COc1cc(C2CN(C(=O)c3cc(OCCN4CCOCC4)ccn3)C2)ccc1OCc1ccc(C2CC2)cc1. The third-order valence-corrected chi connectivity index (χ3v) is 7.98. The number of amides is 1. The molecule has 0 atom stereocenters. The first-order valence-corrected chi connectivity index (χ1v) is 14.2. The Hall–Kier alpha value is -3.62. The van der Waals surface area contributed by atoms with E-state index in [1.165, 1.54) is 18.4 Å². The Bertz CT molecular complexity index is 1300. The van der Waals surface area contributed by atoms with Gasteiger partial charge in [0.1, 0.15) is 24.7 Å². The van der Waals surface area contributed by atoms with E-state index in [1.807, 2.05) is 17.0 Å². The van der Waals surface area contributed by atoms with Crippen LogP contribution in [0.15, 0.2) is 60.8 Å². The summed E-state index contributed by atoms with van der Waals surface area (Å²) in [5.41, 5.74) is 4.11. The van der Waals surface area contributed by atoms with E-state index in [4.69, 9.17) is 18.9 Å². The van der Waals surface area contributed by atoms with Crippen LogP contribution >= 0.6 is 0 Å². The lowest BCUT2D eigenvalue weighted by molar-refractivity contribution is 0.0322. The number of rotatable bonds is 11. The number of nitrogens with zero attached hydrogens (tertiary/aromatic N) is 3. The van der Waals surface area contributed by atoms with Crippen molar-refractivity contribution < 1.29 is 23.7 Å². The van der Waals surface area contributed by atoms with Gasteiger partial charge in [-0.2, -0.15) is 0 Å². The first-order valence-electron chi connectivity index (χ1n) is 14.2. The first-order chi connectivity index (χ1) is 19.7. The zero-order valence-corrected chi connectivity index (χ0v) is 23.1. The molecule has 1 aromatic heterocycles. The second kappa shape index (κ2) is 12.3. The van der Waals surface area contributed by atoms with E-state index in [-0.39, 0.29) is 11.8 Å². The number of aromatic nitrogens is 1. The quantitative estimate of drug-likeness (QED) is 0.353. The van der Waals surface area contributed by atoms with E-state index in [1.54, 1.807) is 25.4 Å². The number of pyridine rings is 1. The average molecular weight is 544 g/mol. The second-order valence-corrected chi connectivity index (χ2v) is 10.8. The molecule has 3 heterocycles. The molecule has 210 valence electrons. The standard InChI is InChI=1S/C32H37N3O5/c1-37-31-18-26(8-9-30(31)40-22-23-2-4-24(5-3-23)25-6-7-25)27-20-35(21-27)32(36)29-19-28(10-11-33-29)39-17-14-34-12-15-38-16-13-34/h2-5,8-11,18-19,25,27H,6-7,12-17,20-22H2,1H3. The maximum Gasteiger partial charge on any atom is 0.272 e. The summed E-state index contributed by atoms with van der Waals surface area (Å²) in [6.45, 7) is 6.57. The monoisotopic (exact) mass is 543 g/mol. The van der Waals surface area contributed by atoms with E-state index >= 15 is 0 Å². The molecule has 40 heavy (non-hydrogen) atoms. The minimum Gasteiger partial charge on any atom is -0.493 e. The van der Waals surface area contributed by atoms with Gasteiger partial charge in [-0.25, -0.2) is 0 Å². The maximum absolute atomic E-state index is 13.1. The summed E-state index contributed by atoms with van der Waals surface area (Å²) in [7, 11) is 1.66. The molecule has 3 aromatic rings. The van der Waals surface area contributed by atoms with Crippen molar-refractivity contribution in [2.24, 2.45) is 0 Å². The van der Waals surface area contributed by atoms with Crippen molar-refractivity contribution in [3.05, 3.63) is 83.2 Å². The number of morpholine rings is 1. The van der Waals surface area contributed by atoms with Gasteiger partial charge in [0.25, 0.3) is 5.91 Å². The summed E-state index contributed by atoms with van der Waals surface area (Å²) >= 11 is 0. The van der Waals surface area contributed by atoms with Gasteiger partial charge in [-0.1, -0.05) is 30.3 Å². The van der Waals surface area contributed by atoms with E-state index in [0.29, 0.717) is 43.5 Å². The number of likely N-dealkylation sites (tertiary alicyclic amines) is 1. The van der Waals surface area contributed by atoms with Crippen LogP contribution in [0.4, 0.5) is 0 Å². The molecule has 3 fully saturated rings. The molecule has 6 rings (SSSR count). The Kier molecular flexibility index (Phi) is 8.16. The molecule has 2 saturated heterocycles. The van der Waals surface area contributed by atoms with Gasteiger partial charge < -0.3 is 23.8 Å². The number of benzene rings is 2. The molecular weight excluding hydrogens is 506 g/mol. The first kappa shape index (κ1) is 26.6. The molecule has 8 heteroatoms. The van der Waals surface area contributed by atoms with Gasteiger partial charge in [-0.15, -0.1) is 0 Å². The van der Waals surface area contributed by atoms with Crippen molar-refractivity contribution >= 4 is 5.91 Å². The molecule has 2 aromatic carbocycles. The van der Waals surface area contributed by atoms with Gasteiger partial charge in [0, 0.05) is 50.9 Å². The third kappa shape index (κ3) is 6.40. The molecule has 0 radical (unpaired) electrons. The van der Waals surface area contributed by atoms with Gasteiger partial charge in [0.2, 0.25) is 0 Å². The highest BCUT2D eigenvalue weighted by Gasteiger charge is 2.33. The Morgan fingerprint density at radius 2 is 1.70 bits per heavy atom. The molecule has 1 aliphatic carbocycles. The Morgan fingerprint density at radius 3 is 2.45 bits per heavy atom. The lowest BCUT2D eigenvalue weighted by Crippen LogP contribution is -2.48. The van der Waals surface area contributed by atoms with Gasteiger partial charge in [-0.05, 0) is 53.6 Å². The van der Waals surface area contributed by atoms with Crippen LogP contribution in [0, 0.1) is 0 Å². The number of hydrogen-bond acceptors (Lipinski definition) is 7. The van der Waals surface area contributed by atoms with Crippen molar-refractivity contribution in [3.8, 4) is 17.2 Å². The fraction of sp³-hybridized carbons (Fsp3) is 0.438. The molecule has 3 aliphatic rings. The summed E-state index contributed by atoms with van der Waals surface area (Å²) in [6, 6.07) is 18.3. The van der Waals surface area contributed by atoms with E-state index in [9.17, 15) is 4.79 Å². The third-order valence-electron chi connectivity index (χ3n) is 7.98. The Balaban J connectivity index is 0.995. The van der Waals surface area contributed by atoms with Crippen molar-refractivity contribution in [1.82, 2.24) is 14.8 Å². The van der Waals surface area contributed by atoms with Crippen LogP contribution < -0.4 is 14.2 Å². The highest BCUT2D eigenvalue weighted by atomic mass is 16.5. The average Bonchev–Trinajstić information content (AvgIpc) is 3.82. The van der Waals surface area contributed by atoms with E-state index < -0.39 is 0 Å². The normalized spacial score (nSPS) is 17.8. The molecule has 0 N–H and O–H groups in total. The zero-order valence-electron chi connectivity index (χ0n) is 23.1. The molecule has 8 nitrogen and oxygen atoms in total. The molecule has 2 aliphatic heterocycles. The minimum atomic E-state index is -0.0745. The van der Waals surface area contributed by atoms with Crippen LogP contribution in [0.5, 0.6) is 17.2 Å². The molecule has 0 spiro atoms. The summed E-state index contributed by atoms with van der Waals surface area (Å²) in [5, 5.41) is 0. The summed E-state index contributed by atoms with van der Waals surface area (Å²) in [6.07, 6.45) is 4.25. The van der Waals surface area contributed by atoms with Crippen molar-refractivity contribution in [2.75, 3.05) is 59.7 Å². The summed E-state index contributed by atoms with van der Waals surface area (Å²) in [5.74, 6) is 3.03. The topological polar surface area (TPSA) is 73.4 Å². The summed E-state index contributed by atoms with van der Waals surface area (Å²) in [4.78, 5) is 21.5. The van der Waals surface area contributed by atoms with Crippen molar-refractivity contribution in [2.45, 2.75) is 31.3 Å². The smallest absolute Gasteiger partial charge is 0.272 e. The van der Waals surface area contributed by atoms with Gasteiger partial charge in [0.05, 0.1) is 20.3 Å². The number of carbonyl (C=O) groups excluding carboxylic acids is 1. The molecule has 0 unspecified atom stereocenters. The lowest BCUT2D eigenvalue weighted by Gasteiger charge is -2.39. The predicted octanol–water partition coefficient (Wildman–Crippen LogP) is 4.50. The molecule has 1 amide bonds. The highest BCUT2D eigenvalue weighted by Crippen LogP contribution is 2.40. The minimum absolute atomic E-state index is 0.0745. The molecular formula is C32H37N3O5. The number of ether oxygens (including phenoxy) is 4. The molecule has 0 bridgehead atoms. The number of hydrogen-bond donors (Lipinski definition) is 0. The zero-order chi connectivity index (χ0) is 27.3. The Labute approximate surface area is 235 Å². The largest absolute Gasteiger partial charge is 0.493 e. The van der Waals surface area contributed by atoms with Gasteiger partial charge in [-0.3, -0.25) is 14.7 Å². The van der Waals surface area contributed by atoms with Gasteiger partial charge in [0.15, 0.2) is 11.5 Å². The van der Waals surface area contributed by atoms with Crippen LogP contribution in [0.25, 0.3) is 0 Å². The number of methoxy groups -OCH3 is 1. The summed E-state index contributed by atoms with van der Waals surface area (Å²) < 4.78 is 23.0. The van der Waals surface area contributed by atoms with Crippen molar-refractivity contribution in [1.29, 1.82) is 0 Å². The van der Waals surface area contributed by atoms with Crippen LogP contribution in [0.1, 0.15) is 51.9 Å². The lowest BCUT2D eigenvalue weighted by atomic mass is 9.91. The van der Waals surface area contributed by atoms with Crippen LogP contribution in [-0.2, 0) is 11.3 Å². The second-order valence-electron chi connectivity index (χ2n) is 10.8. The van der Waals surface area contributed by atoms with Gasteiger partial charge >= 0.3 is 0 Å². The fourth-order valence-electron chi connectivity index (χ4n) is 5.27. The van der Waals surface area contributed by atoms with Crippen molar-refractivity contribution in [3.63, 3.8) is 0 Å².